The average Bonchev–Trinajstić information content (AvgIpc) is 2.13. The van der Waals surface area contributed by atoms with Crippen molar-refractivity contribution in [3.8, 4) is 0 Å². The summed E-state index contributed by atoms with van der Waals surface area (Å²) in [4.78, 5) is 10.9. The fraction of sp³-hybridized carbons (Fsp3) is 0.900. The van der Waals surface area contributed by atoms with Gasteiger partial charge in [-0.05, 0) is 24.7 Å². The van der Waals surface area contributed by atoms with E-state index in [0.29, 0.717) is 25.0 Å². The normalized spacial score (nSPS) is 25.6. The lowest BCUT2D eigenvalue weighted by atomic mass is 9.74. The number of esters is 1. The number of carbonyl (C=O) groups is 1. The van der Waals surface area contributed by atoms with Gasteiger partial charge in [0.25, 0.3) is 0 Å². The zero-order chi connectivity index (χ0) is 10.4. The number of hydrogen-bond donors (Lipinski definition) is 0. The van der Waals surface area contributed by atoms with Gasteiger partial charge in [0.05, 0.1) is 13.7 Å². The lowest BCUT2D eigenvalue weighted by Gasteiger charge is -2.34. The summed E-state index contributed by atoms with van der Waals surface area (Å²) in [5.41, 5.74) is 0. The van der Waals surface area contributed by atoms with E-state index in [1.165, 1.54) is 7.11 Å². The molecule has 0 aliphatic heterocycles. The lowest BCUT2D eigenvalue weighted by Crippen LogP contribution is -2.29. The second kappa shape index (κ2) is 5.98. The smallest absolute Gasteiger partial charge is 0.305 e. The SMILES string of the molecule is COCOC[C@H]1C[C@@H](CC(=O)OC)C1. The number of carbonyl (C=O) groups excluding carboxylic acids is 1. The minimum Gasteiger partial charge on any atom is -0.469 e. The first-order chi connectivity index (χ1) is 6.76. The van der Waals surface area contributed by atoms with Crippen LogP contribution in [0.15, 0.2) is 0 Å². The summed E-state index contributed by atoms with van der Waals surface area (Å²) in [6.07, 6.45) is 2.69. The molecule has 0 N–H and O–H groups in total. The molecule has 82 valence electrons. The molecular weight excluding hydrogens is 184 g/mol. The number of methoxy groups -OCH3 is 2. The Morgan fingerprint density at radius 1 is 1.29 bits per heavy atom. The van der Waals surface area contributed by atoms with Crippen LogP contribution in [0.5, 0.6) is 0 Å². The quantitative estimate of drug-likeness (QED) is 0.369. The Morgan fingerprint density at radius 2 is 2.00 bits per heavy atom. The van der Waals surface area contributed by atoms with E-state index in [1.807, 2.05) is 0 Å². The van der Waals surface area contributed by atoms with E-state index in [0.717, 1.165) is 19.4 Å². The van der Waals surface area contributed by atoms with Gasteiger partial charge in [-0.1, -0.05) is 0 Å². The van der Waals surface area contributed by atoms with Gasteiger partial charge in [-0.25, -0.2) is 0 Å². The van der Waals surface area contributed by atoms with Crippen LogP contribution in [-0.4, -0.2) is 33.6 Å². The van der Waals surface area contributed by atoms with Gasteiger partial charge >= 0.3 is 5.97 Å². The molecule has 0 aromatic carbocycles. The molecule has 0 radical (unpaired) electrons. The number of hydrogen-bond acceptors (Lipinski definition) is 4. The van der Waals surface area contributed by atoms with E-state index < -0.39 is 0 Å². The summed E-state index contributed by atoms with van der Waals surface area (Å²) >= 11 is 0. The Bertz CT molecular complexity index is 175. The minimum atomic E-state index is -0.105. The van der Waals surface area contributed by atoms with Gasteiger partial charge in [0, 0.05) is 13.5 Å². The van der Waals surface area contributed by atoms with Gasteiger partial charge in [0.2, 0.25) is 0 Å². The zero-order valence-electron chi connectivity index (χ0n) is 8.82. The third kappa shape index (κ3) is 3.64. The van der Waals surface area contributed by atoms with Crippen molar-refractivity contribution in [1.82, 2.24) is 0 Å². The highest BCUT2D eigenvalue weighted by atomic mass is 16.7. The highest BCUT2D eigenvalue weighted by Gasteiger charge is 2.30. The van der Waals surface area contributed by atoms with Gasteiger partial charge in [-0.15, -0.1) is 0 Å². The summed E-state index contributed by atoms with van der Waals surface area (Å²) in [7, 11) is 3.04. The highest BCUT2D eigenvalue weighted by molar-refractivity contribution is 5.69. The first-order valence-corrected chi connectivity index (χ1v) is 4.89. The first kappa shape index (κ1) is 11.5. The van der Waals surface area contributed by atoms with Gasteiger partial charge in [0.15, 0.2) is 0 Å². The average molecular weight is 202 g/mol. The second-order valence-electron chi connectivity index (χ2n) is 3.76. The molecule has 1 saturated carbocycles. The van der Waals surface area contributed by atoms with Crippen molar-refractivity contribution in [2.75, 3.05) is 27.6 Å². The molecule has 14 heavy (non-hydrogen) atoms. The monoisotopic (exact) mass is 202 g/mol. The maximum atomic E-state index is 10.9. The van der Waals surface area contributed by atoms with E-state index in [4.69, 9.17) is 9.47 Å². The van der Waals surface area contributed by atoms with Crippen LogP contribution in [0.1, 0.15) is 19.3 Å². The molecule has 1 fully saturated rings. The topological polar surface area (TPSA) is 44.8 Å². The second-order valence-corrected chi connectivity index (χ2v) is 3.76. The van der Waals surface area contributed by atoms with Crippen molar-refractivity contribution < 1.29 is 19.0 Å². The zero-order valence-corrected chi connectivity index (χ0v) is 8.82. The standard InChI is InChI=1S/C10H18O4/c1-12-7-14-6-9-3-8(4-9)5-10(11)13-2/h8-9H,3-7H2,1-2H3/t8-,9+. The molecule has 0 unspecified atom stereocenters. The summed E-state index contributed by atoms with van der Waals surface area (Å²) in [6.45, 7) is 1.10. The van der Waals surface area contributed by atoms with Crippen LogP contribution in [0.4, 0.5) is 0 Å². The van der Waals surface area contributed by atoms with Crippen LogP contribution < -0.4 is 0 Å². The van der Waals surface area contributed by atoms with Crippen molar-refractivity contribution in [2.45, 2.75) is 19.3 Å². The number of ether oxygens (including phenoxy) is 3. The van der Waals surface area contributed by atoms with E-state index >= 15 is 0 Å². The third-order valence-corrected chi connectivity index (χ3v) is 2.57. The Morgan fingerprint density at radius 3 is 2.57 bits per heavy atom. The van der Waals surface area contributed by atoms with Crippen LogP contribution in [0, 0.1) is 11.8 Å². The van der Waals surface area contributed by atoms with Gasteiger partial charge < -0.3 is 14.2 Å². The molecule has 0 aromatic rings. The molecule has 0 spiro atoms. The number of rotatable bonds is 6. The Labute approximate surface area is 84.5 Å². The molecule has 4 heteroatoms. The molecule has 0 saturated heterocycles. The van der Waals surface area contributed by atoms with E-state index in [-0.39, 0.29) is 5.97 Å². The van der Waals surface area contributed by atoms with Gasteiger partial charge in [-0.2, -0.15) is 0 Å². The Hall–Kier alpha value is -0.610. The predicted molar refractivity (Wildman–Crippen MR) is 50.7 cm³/mol. The van der Waals surface area contributed by atoms with E-state index in [1.54, 1.807) is 7.11 Å². The van der Waals surface area contributed by atoms with Crippen LogP contribution >= 0.6 is 0 Å². The molecule has 1 aliphatic rings. The molecule has 1 rings (SSSR count). The summed E-state index contributed by atoms with van der Waals surface area (Å²) < 4.78 is 14.6. The van der Waals surface area contributed by atoms with Gasteiger partial charge in [0.1, 0.15) is 6.79 Å². The van der Waals surface area contributed by atoms with E-state index in [9.17, 15) is 4.79 Å². The Kier molecular flexibility index (Phi) is 4.90. The predicted octanol–water partition coefficient (Wildman–Crippen LogP) is 1.20. The van der Waals surface area contributed by atoms with Gasteiger partial charge in [-0.3, -0.25) is 4.79 Å². The molecule has 1 aliphatic carbocycles. The van der Waals surface area contributed by atoms with Crippen LogP contribution in [0.2, 0.25) is 0 Å². The molecule has 0 bridgehead atoms. The minimum absolute atomic E-state index is 0.105. The first-order valence-electron chi connectivity index (χ1n) is 4.89. The van der Waals surface area contributed by atoms with Crippen molar-refractivity contribution in [2.24, 2.45) is 11.8 Å². The van der Waals surface area contributed by atoms with Crippen LogP contribution in [0.25, 0.3) is 0 Å². The summed E-state index contributed by atoms with van der Waals surface area (Å²) in [6, 6.07) is 0. The lowest BCUT2D eigenvalue weighted by molar-refractivity contribution is -0.143. The van der Waals surface area contributed by atoms with Crippen LogP contribution in [0.3, 0.4) is 0 Å². The maximum Gasteiger partial charge on any atom is 0.305 e. The molecule has 0 amide bonds. The van der Waals surface area contributed by atoms with Crippen molar-refractivity contribution in [3.63, 3.8) is 0 Å². The van der Waals surface area contributed by atoms with Crippen molar-refractivity contribution >= 4 is 5.97 Å². The summed E-state index contributed by atoms with van der Waals surface area (Å²) in [5, 5.41) is 0. The molecule has 0 heterocycles. The Balaban J connectivity index is 1.97. The van der Waals surface area contributed by atoms with E-state index in [2.05, 4.69) is 4.74 Å². The largest absolute Gasteiger partial charge is 0.469 e. The highest BCUT2D eigenvalue weighted by Crippen LogP contribution is 2.36. The fourth-order valence-electron chi connectivity index (χ4n) is 1.79. The molecule has 0 aromatic heterocycles. The summed E-state index contributed by atoms with van der Waals surface area (Å²) in [5.74, 6) is 0.990. The van der Waals surface area contributed by atoms with Crippen molar-refractivity contribution in [1.29, 1.82) is 0 Å². The third-order valence-electron chi connectivity index (χ3n) is 2.57. The van der Waals surface area contributed by atoms with Crippen molar-refractivity contribution in [3.05, 3.63) is 0 Å². The molecule has 0 atom stereocenters. The molecule has 4 nitrogen and oxygen atoms in total. The maximum absolute atomic E-state index is 10.9. The van der Waals surface area contributed by atoms with Crippen LogP contribution in [-0.2, 0) is 19.0 Å². The molecular formula is C10H18O4. The fourth-order valence-corrected chi connectivity index (χ4v) is 1.79.